The topological polar surface area (TPSA) is 74.6 Å². The SMILES string of the molecule is CC[C@H](CCCC[C@H](C)CCCC(=O)O)CCCC(=O)O. The van der Waals surface area contributed by atoms with E-state index in [9.17, 15) is 9.59 Å². The van der Waals surface area contributed by atoms with E-state index in [2.05, 4.69) is 13.8 Å². The smallest absolute Gasteiger partial charge is 0.303 e. The van der Waals surface area contributed by atoms with Crippen LogP contribution in [0.3, 0.4) is 0 Å². The van der Waals surface area contributed by atoms with Crippen molar-refractivity contribution in [3.63, 3.8) is 0 Å². The summed E-state index contributed by atoms with van der Waals surface area (Å²) in [5.41, 5.74) is 0. The summed E-state index contributed by atoms with van der Waals surface area (Å²) in [5.74, 6) is -0.127. The predicted octanol–water partition coefficient (Wildman–Crippen LogP) is 4.72. The maximum absolute atomic E-state index is 10.5. The van der Waals surface area contributed by atoms with Gasteiger partial charge in [-0.25, -0.2) is 0 Å². The molecule has 0 aliphatic rings. The van der Waals surface area contributed by atoms with E-state index in [1.54, 1.807) is 0 Å². The zero-order valence-corrected chi connectivity index (χ0v) is 13.6. The summed E-state index contributed by atoms with van der Waals surface area (Å²) in [6, 6.07) is 0. The summed E-state index contributed by atoms with van der Waals surface area (Å²) in [5, 5.41) is 17.2. The van der Waals surface area contributed by atoms with Crippen LogP contribution in [-0.2, 0) is 9.59 Å². The number of rotatable bonds is 14. The first kappa shape index (κ1) is 19.9. The highest BCUT2D eigenvalue weighted by atomic mass is 16.4. The molecule has 0 amide bonds. The lowest BCUT2D eigenvalue weighted by molar-refractivity contribution is -0.138. The Bertz CT molecular complexity index is 289. The molecule has 0 heterocycles. The molecule has 0 saturated carbocycles. The second-order valence-corrected chi connectivity index (χ2v) is 6.24. The Balaban J connectivity index is 3.57. The third kappa shape index (κ3) is 13.7. The molecule has 0 radical (unpaired) electrons. The molecule has 0 saturated heterocycles. The lowest BCUT2D eigenvalue weighted by atomic mass is 9.91. The van der Waals surface area contributed by atoms with Gasteiger partial charge in [0.25, 0.3) is 0 Å². The highest BCUT2D eigenvalue weighted by Crippen LogP contribution is 2.22. The maximum Gasteiger partial charge on any atom is 0.303 e. The van der Waals surface area contributed by atoms with Gasteiger partial charge in [0.2, 0.25) is 0 Å². The second-order valence-electron chi connectivity index (χ2n) is 6.24. The van der Waals surface area contributed by atoms with Crippen LogP contribution in [0.2, 0.25) is 0 Å². The summed E-state index contributed by atoms with van der Waals surface area (Å²) >= 11 is 0. The van der Waals surface area contributed by atoms with Crippen LogP contribution in [0, 0.1) is 11.8 Å². The summed E-state index contributed by atoms with van der Waals surface area (Å²) in [6.07, 6.45) is 10.1. The lowest BCUT2D eigenvalue weighted by Crippen LogP contribution is -2.03. The molecule has 0 bridgehead atoms. The van der Waals surface area contributed by atoms with Gasteiger partial charge in [-0.3, -0.25) is 9.59 Å². The third-order valence-corrected chi connectivity index (χ3v) is 4.23. The molecule has 2 atom stereocenters. The van der Waals surface area contributed by atoms with Crippen LogP contribution in [0.25, 0.3) is 0 Å². The summed E-state index contributed by atoms with van der Waals surface area (Å²) in [6.45, 7) is 4.38. The average Bonchev–Trinajstić information content (AvgIpc) is 2.40. The fourth-order valence-electron chi connectivity index (χ4n) is 2.77. The number of hydrogen-bond acceptors (Lipinski definition) is 2. The van der Waals surface area contributed by atoms with Crippen molar-refractivity contribution in [2.24, 2.45) is 11.8 Å². The van der Waals surface area contributed by atoms with Crippen LogP contribution in [0.15, 0.2) is 0 Å². The zero-order valence-electron chi connectivity index (χ0n) is 13.6. The van der Waals surface area contributed by atoms with Crippen molar-refractivity contribution in [3.8, 4) is 0 Å². The van der Waals surface area contributed by atoms with Crippen LogP contribution in [0.1, 0.15) is 84.5 Å². The number of aliphatic carboxylic acids is 2. The van der Waals surface area contributed by atoms with Gasteiger partial charge in [-0.05, 0) is 31.1 Å². The van der Waals surface area contributed by atoms with Crippen LogP contribution in [0.5, 0.6) is 0 Å². The Kier molecular flexibility index (Phi) is 12.0. The molecule has 0 aromatic carbocycles. The van der Waals surface area contributed by atoms with Gasteiger partial charge < -0.3 is 10.2 Å². The van der Waals surface area contributed by atoms with Crippen LogP contribution < -0.4 is 0 Å². The summed E-state index contributed by atoms with van der Waals surface area (Å²) in [4.78, 5) is 20.9. The second kappa shape index (κ2) is 12.7. The molecule has 0 spiro atoms. The largest absolute Gasteiger partial charge is 0.481 e. The van der Waals surface area contributed by atoms with E-state index in [-0.39, 0.29) is 12.8 Å². The minimum absolute atomic E-state index is 0.284. The van der Waals surface area contributed by atoms with Gasteiger partial charge in [0.05, 0.1) is 0 Å². The molecule has 4 heteroatoms. The fraction of sp³-hybridized carbons (Fsp3) is 0.882. The van der Waals surface area contributed by atoms with Crippen molar-refractivity contribution in [2.75, 3.05) is 0 Å². The predicted molar refractivity (Wildman–Crippen MR) is 84.4 cm³/mol. The Morgan fingerprint density at radius 2 is 1.24 bits per heavy atom. The quantitative estimate of drug-likeness (QED) is 0.455. The number of hydrogen-bond donors (Lipinski definition) is 2. The average molecular weight is 300 g/mol. The molecule has 4 nitrogen and oxygen atoms in total. The molecule has 0 unspecified atom stereocenters. The number of carboxylic acid groups (broad SMARTS) is 2. The first-order valence-electron chi connectivity index (χ1n) is 8.39. The fourth-order valence-corrected chi connectivity index (χ4v) is 2.77. The number of unbranched alkanes of at least 4 members (excludes halogenated alkanes) is 1. The molecule has 0 aliphatic carbocycles. The molecule has 0 aromatic heterocycles. The van der Waals surface area contributed by atoms with Gasteiger partial charge in [-0.1, -0.05) is 52.4 Å². The van der Waals surface area contributed by atoms with Crippen LogP contribution in [0.4, 0.5) is 0 Å². The Morgan fingerprint density at radius 1 is 0.810 bits per heavy atom. The third-order valence-electron chi connectivity index (χ3n) is 4.23. The number of carboxylic acids is 2. The molecule has 0 fully saturated rings. The van der Waals surface area contributed by atoms with Gasteiger partial charge >= 0.3 is 11.9 Å². The first-order valence-corrected chi connectivity index (χ1v) is 8.39. The van der Waals surface area contributed by atoms with Crippen molar-refractivity contribution in [2.45, 2.75) is 84.5 Å². The highest BCUT2D eigenvalue weighted by Gasteiger charge is 2.09. The molecule has 0 rings (SSSR count). The Labute approximate surface area is 128 Å². The van der Waals surface area contributed by atoms with E-state index in [1.165, 1.54) is 25.7 Å². The van der Waals surface area contributed by atoms with Gasteiger partial charge in [-0.2, -0.15) is 0 Å². The molecular weight excluding hydrogens is 268 g/mol. The Morgan fingerprint density at radius 3 is 1.76 bits per heavy atom. The van der Waals surface area contributed by atoms with E-state index in [0.717, 1.165) is 32.1 Å². The van der Waals surface area contributed by atoms with E-state index in [1.807, 2.05) is 0 Å². The van der Waals surface area contributed by atoms with Gasteiger partial charge in [-0.15, -0.1) is 0 Å². The molecular formula is C17H32O4. The van der Waals surface area contributed by atoms with Crippen LogP contribution in [-0.4, -0.2) is 22.2 Å². The zero-order chi connectivity index (χ0) is 16.1. The normalized spacial score (nSPS) is 13.8. The molecule has 2 N–H and O–H groups in total. The van der Waals surface area contributed by atoms with E-state index >= 15 is 0 Å². The monoisotopic (exact) mass is 300 g/mol. The van der Waals surface area contributed by atoms with Gasteiger partial charge in [0.1, 0.15) is 0 Å². The standard InChI is InChI=1S/C17H32O4/c1-3-15(11-7-13-17(20)21)10-5-4-8-14(2)9-6-12-16(18)19/h14-15H,3-13H2,1-2H3,(H,18,19)(H,20,21)/t14-,15+/m0/s1. The molecule has 0 aliphatic heterocycles. The van der Waals surface area contributed by atoms with E-state index in [0.29, 0.717) is 11.8 Å². The summed E-state index contributed by atoms with van der Waals surface area (Å²) < 4.78 is 0. The van der Waals surface area contributed by atoms with Crippen molar-refractivity contribution in [1.82, 2.24) is 0 Å². The summed E-state index contributed by atoms with van der Waals surface area (Å²) in [7, 11) is 0. The van der Waals surface area contributed by atoms with Crippen molar-refractivity contribution in [3.05, 3.63) is 0 Å². The first-order chi connectivity index (χ1) is 9.95. The minimum atomic E-state index is -0.700. The molecule has 124 valence electrons. The van der Waals surface area contributed by atoms with Crippen molar-refractivity contribution >= 4 is 11.9 Å². The minimum Gasteiger partial charge on any atom is -0.481 e. The van der Waals surface area contributed by atoms with Crippen molar-refractivity contribution in [1.29, 1.82) is 0 Å². The van der Waals surface area contributed by atoms with Gasteiger partial charge in [0.15, 0.2) is 0 Å². The van der Waals surface area contributed by atoms with Crippen LogP contribution >= 0.6 is 0 Å². The molecule has 21 heavy (non-hydrogen) atoms. The number of carbonyl (C=O) groups is 2. The lowest BCUT2D eigenvalue weighted by Gasteiger charge is -2.15. The highest BCUT2D eigenvalue weighted by molar-refractivity contribution is 5.66. The van der Waals surface area contributed by atoms with E-state index < -0.39 is 11.9 Å². The van der Waals surface area contributed by atoms with E-state index in [4.69, 9.17) is 10.2 Å². The Hall–Kier alpha value is -1.06. The maximum atomic E-state index is 10.5. The molecule has 0 aromatic rings. The van der Waals surface area contributed by atoms with Gasteiger partial charge in [0, 0.05) is 12.8 Å². The van der Waals surface area contributed by atoms with Crippen molar-refractivity contribution < 1.29 is 19.8 Å².